The smallest absolute Gasteiger partial charge is 0.313 e. The lowest BCUT2D eigenvalue weighted by molar-refractivity contribution is -0.147. The van der Waals surface area contributed by atoms with Crippen molar-refractivity contribution in [2.75, 3.05) is 0 Å². The van der Waals surface area contributed by atoms with Gasteiger partial charge >= 0.3 is 5.97 Å². The molecule has 0 aliphatic rings. The molecule has 0 saturated heterocycles. The van der Waals surface area contributed by atoms with Gasteiger partial charge in [-0.05, 0) is 29.9 Å². The van der Waals surface area contributed by atoms with E-state index in [-0.39, 0.29) is 24.4 Å². The molecule has 2 aromatic rings. The zero-order valence-corrected chi connectivity index (χ0v) is 16.2. The van der Waals surface area contributed by atoms with Crippen LogP contribution in [0.3, 0.4) is 0 Å². The summed E-state index contributed by atoms with van der Waals surface area (Å²) < 4.78 is 5.62. The molecule has 144 valence electrons. The SMILES string of the molecule is CCCCCC(CC=O)CC(C(=O)OCc1ccccc1)c1ccccc1. The van der Waals surface area contributed by atoms with Gasteiger partial charge in [0.25, 0.3) is 0 Å². The first-order chi connectivity index (χ1) is 13.2. The van der Waals surface area contributed by atoms with Crippen LogP contribution < -0.4 is 0 Å². The van der Waals surface area contributed by atoms with Crippen LogP contribution in [0.25, 0.3) is 0 Å². The quantitative estimate of drug-likeness (QED) is 0.275. The Morgan fingerprint density at radius 3 is 2.30 bits per heavy atom. The van der Waals surface area contributed by atoms with Gasteiger partial charge in [0, 0.05) is 6.42 Å². The van der Waals surface area contributed by atoms with Crippen molar-refractivity contribution in [1.82, 2.24) is 0 Å². The summed E-state index contributed by atoms with van der Waals surface area (Å²) in [4.78, 5) is 24.0. The van der Waals surface area contributed by atoms with Gasteiger partial charge in [0.2, 0.25) is 0 Å². The van der Waals surface area contributed by atoms with Gasteiger partial charge in [-0.3, -0.25) is 4.79 Å². The highest BCUT2D eigenvalue weighted by molar-refractivity contribution is 5.78. The Morgan fingerprint density at radius 1 is 1.00 bits per heavy atom. The molecule has 0 bridgehead atoms. The third-order valence-corrected chi connectivity index (χ3v) is 4.92. The van der Waals surface area contributed by atoms with Crippen molar-refractivity contribution in [2.24, 2.45) is 5.92 Å². The van der Waals surface area contributed by atoms with E-state index < -0.39 is 0 Å². The van der Waals surface area contributed by atoms with Crippen LogP contribution in [-0.2, 0) is 20.9 Å². The normalized spacial score (nSPS) is 12.9. The highest BCUT2D eigenvalue weighted by Crippen LogP contribution is 2.30. The predicted molar refractivity (Wildman–Crippen MR) is 108 cm³/mol. The number of hydrogen-bond acceptors (Lipinski definition) is 3. The van der Waals surface area contributed by atoms with E-state index >= 15 is 0 Å². The molecule has 0 heterocycles. The molecule has 0 aromatic heterocycles. The Bertz CT molecular complexity index is 667. The Hall–Kier alpha value is -2.42. The third kappa shape index (κ3) is 7.38. The largest absolute Gasteiger partial charge is 0.460 e. The lowest BCUT2D eigenvalue weighted by Gasteiger charge is -2.22. The molecule has 0 spiro atoms. The Morgan fingerprint density at radius 2 is 1.67 bits per heavy atom. The third-order valence-electron chi connectivity index (χ3n) is 4.92. The minimum atomic E-state index is -0.332. The zero-order chi connectivity index (χ0) is 19.3. The molecule has 0 radical (unpaired) electrons. The van der Waals surface area contributed by atoms with Crippen molar-refractivity contribution in [1.29, 1.82) is 0 Å². The van der Waals surface area contributed by atoms with Crippen molar-refractivity contribution < 1.29 is 14.3 Å². The van der Waals surface area contributed by atoms with E-state index in [1.807, 2.05) is 60.7 Å². The monoisotopic (exact) mass is 366 g/mol. The maximum atomic E-state index is 12.9. The van der Waals surface area contributed by atoms with E-state index in [1.54, 1.807) is 0 Å². The van der Waals surface area contributed by atoms with Gasteiger partial charge in [0.15, 0.2) is 0 Å². The van der Waals surface area contributed by atoms with Crippen LogP contribution in [0.1, 0.15) is 62.5 Å². The first-order valence-corrected chi connectivity index (χ1v) is 9.93. The maximum Gasteiger partial charge on any atom is 0.313 e. The van der Waals surface area contributed by atoms with Gasteiger partial charge in [-0.25, -0.2) is 0 Å². The van der Waals surface area contributed by atoms with Crippen LogP contribution in [-0.4, -0.2) is 12.3 Å². The summed E-state index contributed by atoms with van der Waals surface area (Å²) in [7, 11) is 0. The fourth-order valence-electron chi connectivity index (χ4n) is 3.37. The number of rotatable bonds is 12. The van der Waals surface area contributed by atoms with Gasteiger partial charge < -0.3 is 9.53 Å². The van der Waals surface area contributed by atoms with E-state index in [1.165, 1.54) is 0 Å². The second-order valence-corrected chi connectivity index (χ2v) is 7.06. The predicted octanol–water partition coefficient (Wildman–Crippen LogP) is 5.69. The number of carbonyl (C=O) groups is 2. The number of carbonyl (C=O) groups excluding carboxylic acids is 2. The second kappa shape index (κ2) is 12.1. The number of esters is 1. The molecule has 0 aliphatic heterocycles. The molecule has 2 aromatic carbocycles. The summed E-state index contributed by atoms with van der Waals surface area (Å²) in [5.74, 6) is -0.332. The van der Waals surface area contributed by atoms with E-state index in [0.717, 1.165) is 43.1 Å². The molecule has 0 aliphatic carbocycles. The van der Waals surface area contributed by atoms with E-state index in [2.05, 4.69) is 6.92 Å². The molecule has 3 heteroatoms. The van der Waals surface area contributed by atoms with Crippen molar-refractivity contribution >= 4 is 12.3 Å². The molecule has 2 unspecified atom stereocenters. The summed E-state index contributed by atoms with van der Waals surface area (Å²) in [5, 5.41) is 0. The Balaban J connectivity index is 2.07. The van der Waals surface area contributed by atoms with Gasteiger partial charge in [-0.1, -0.05) is 86.8 Å². The van der Waals surface area contributed by atoms with Gasteiger partial charge in [-0.2, -0.15) is 0 Å². The van der Waals surface area contributed by atoms with Crippen LogP contribution in [0.15, 0.2) is 60.7 Å². The molecule has 0 saturated carbocycles. The van der Waals surface area contributed by atoms with Gasteiger partial charge in [0.1, 0.15) is 12.9 Å². The van der Waals surface area contributed by atoms with Crippen LogP contribution in [0.4, 0.5) is 0 Å². The van der Waals surface area contributed by atoms with E-state index in [9.17, 15) is 9.59 Å². The molecule has 0 fully saturated rings. The number of benzene rings is 2. The molecule has 27 heavy (non-hydrogen) atoms. The molecular weight excluding hydrogens is 336 g/mol. The molecule has 0 amide bonds. The summed E-state index contributed by atoms with van der Waals surface area (Å²) >= 11 is 0. The number of ether oxygens (including phenoxy) is 1. The van der Waals surface area contributed by atoms with Crippen molar-refractivity contribution in [2.45, 2.75) is 58.0 Å². The molecule has 3 nitrogen and oxygen atoms in total. The van der Waals surface area contributed by atoms with Crippen LogP contribution >= 0.6 is 0 Å². The van der Waals surface area contributed by atoms with Crippen molar-refractivity contribution in [3.63, 3.8) is 0 Å². The highest BCUT2D eigenvalue weighted by Gasteiger charge is 2.26. The Labute approximate surface area is 162 Å². The number of unbranched alkanes of at least 4 members (excludes halogenated alkanes) is 2. The van der Waals surface area contributed by atoms with Crippen LogP contribution in [0, 0.1) is 5.92 Å². The average molecular weight is 367 g/mol. The highest BCUT2D eigenvalue weighted by atomic mass is 16.5. The minimum Gasteiger partial charge on any atom is -0.460 e. The summed E-state index contributed by atoms with van der Waals surface area (Å²) in [6.45, 7) is 2.44. The second-order valence-electron chi connectivity index (χ2n) is 7.06. The van der Waals surface area contributed by atoms with Crippen molar-refractivity contribution in [3.05, 3.63) is 71.8 Å². The van der Waals surface area contributed by atoms with Gasteiger partial charge in [-0.15, -0.1) is 0 Å². The molecular formula is C24H30O3. The molecule has 0 N–H and O–H groups in total. The fraction of sp³-hybridized carbons (Fsp3) is 0.417. The molecule has 2 rings (SSSR count). The first kappa shape index (κ1) is 20.9. The van der Waals surface area contributed by atoms with Crippen molar-refractivity contribution in [3.8, 4) is 0 Å². The number of aldehydes is 1. The minimum absolute atomic E-state index is 0.212. The van der Waals surface area contributed by atoms with Crippen LogP contribution in [0.2, 0.25) is 0 Å². The lowest BCUT2D eigenvalue weighted by atomic mass is 9.84. The topological polar surface area (TPSA) is 43.4 Å². The van der Waals surface area contributed by atoms with E-state index in [0.29, 0.717) is 12.8 Å². The number of hydrogen-bond donors (Lipinski definition) is 0. The zero-order valence-electron chi connectivity index (χ0n) is 16.2. The van der Waals surface area contributed by atoms with E-state index in [4.69, 9.17) is 4.74 Å². The summed E-state index contributed by atoms with van der Waals surface area (Å²) in [5.41, 5.74) is 1.94. The van der Waals surface area contributed by atoms with Crippen LogP contribution in [0.5, 0.6) is 0 Å². The van der Waals surface area contributed by atoms with Gasteiger partial charge in [0.05, 0.1) is 5.92 Å². The Kier molecular flexibility index (Phi) is 9.33. The first-order valence-electron chi connectivity index (χ1n) is 9.93. The molecule has 2 atom stereocenters. The average Bonchev–Trinajstić information content (AvgIpc) is 2.71. The summed E-state index contributed by atoms with van der Waals surface area (Å²) in [6, 6.07) is 19.5. The lowest BCUT2D eigenvalue weighted by Crippen LogP contribution is -2.20. The fourth-order valence-corrected chi connectivity index (χ4v) is 3.37. The maximum absolute atomic E-state index is 12.9. The summed E-state index contributed by atoms with van der Waals surface area (Å²) in [6.07, 6.45) is 6.50. The standard InChI is InChI=1S/C24H30O3/c1-2-3-6-11-20(16-17-25)18-23(22-14-9-5-10-15-22)24(26)27-19-21-12-7-4-8-13-21/h4-5,7-10,12-15,17,20,23H,2-3,6,11,16,18-19H2,1H3.